The number of aromatic nitrogens is 3. The highest BCUT2D eigenvalue weighted by Gasteiger charge is 2.45. The van der Waals surface area contributed by atoms with Gasteiger partial charge in [0.1, 0.15) is 17.9 Å². The van der Waals surface area contributed by atoms with E-state index in [1.54, 1.807) is 30.5 Å². The molecule has 2 aliphatic heterocycles. The molecular formula is C52H58N10O9. The van der Waals surface area contributed by atoms with E-state index in [1.165, 1.54) is 0 Å². The molecular weight excluding hydrogens is 909 g/mol. The Morgan fingerprint density at radius 1 is 0.761 bits per heavy atom. The van der Waals surface area contributed by atoms with Crippen LogP contribution in [0.5, 0.6) is 0 Å². The predicted octanol–water partition coefficient (Wildman–Crippen LogP) is 5.54. The Kier molecular flexibility index (Phi) is 17.5. The van der Waals surface area contributed by atoms with Crippen LogP contribution in [-0.2, 0) is 41.6 Å². The van der Waals surface area contributed by atoms with E-state index >= 15 is 0 Å². The van der Waals surface area contributed by atoms with Gasteiger partial charge in [0.2, 0.25) is 11.8 Å². The molecule has 4 N–H and O–H groups in total. The second-order valence-electron chi connectivity index (χ2n) is 17.3. The lowest BCUT2D eigenvalue weighted by Crippen LogP contribution is -2.54. The number of carbonyl (C=O) groups is 5. The number of urea groups is 1. The summed E-state index contributed by atoms with van der Waals surface area (Å²) >= 11 is 0. The summed E-state index contributed by atoms with van der Waals surface area (Å²) in [5.74, 6) is -1.45. The number of nitrogens with zero attached hydrogens (tertiary/aromatic N) is 6. The van der Waals surface area contributed by atoms with Gasteiger partial charge in [-0.05, 0) is 79.6 Å². The molecule has 370 valence electrons. The summed E-state index contributed by atoms with van der Waals surface area (Å²) in [5, 5.41) is 25.6. The monoisotopic (exact) mass is 966 g/mol. The van der Waals surface area contributed by atoms with E-state index in [9.17, 15) is 24.0 Å². The summed E-state index contributed by atoms with van der Waals surface area (Å²) in [4.78, 5) is 71.4. The Balaban J connectivity index is 0.692. The molecule has 0 spiro atoms. The van der Waals surface area contributed by atoms with Crippen LogP contribution in [0.3, 0.4) is 0 Å². The van der Waals surface area contributed by atoms with E-state index < -0.39 is 29.7 Å². The van der Waals surface area contributed by atoms with E-state index in [4.69, 9.17) is 24.2 Å². The number of amides is 6. The Bertz CT molecular complexity index is 2650. The van der Waals surface area contributed by atoms with Crippen molar-refractivity contribution in [3.8, 4) is 17.2 Å². The molecule has 0 bridgehead atoms. The first-order valence-corrected chi connectivity index (χ1v) is 24.0. The van der Waals surface area contributed by atoms with Crippen LogP contribution in [0.15, 0.2) is 104 Å². The van der Waals surface area contributed by atoms with Crippen LogP contribution in [0.4, 0.5) is 22.0 Å². The van der Waals surface area contributed by atoms with Crippen LogP contribution in [0.2, 0.25) is 0 Å². The van der Waals surface area contributed by atoms with Gasteiger partial charge in [-0.15, -0.1) is 0 Å². The SMILES string of the molecule is N#Cc1ccc(N[C@H]2CC[C@H](N(C(=O)NCc3ccccc3)c3ccc(-c4cnn(CCOCCOCCOCCOCCNc5cccc6c5C(=O)N(C5CCC(=O)NC5=O)C6=O)c4)cc3)CC2)nc1. The minimum absolute atomic E-state index is 0.0126. The van der Waals surface area contributed by atoms with Gasteiger partial charge < -0.3 is 34.9 Å². The molecule has 6 amide bonds. The normalized spacial score (nSPS) is 17.6. The summed E-state index contributed by atoms with van der Waals surface area (Å²) in [7, 11) is 0. The molecule has 4 heterocycles. The van der Waals surface area contributed by atoms with Gasteiger partial charge in [-0.25, -0.2) is 9.78 Å². The quantitative estimate of drug-likeness (QED) is 0.0440. The molecule has 8 rings (SSSR count). The number of fused-ring (bicyclic) bond motifs is 1. The molecule has 19 heteroatoms. The number of carbonyl (C=O) groups excluding carboxylic acids is 5. The van der Waals surface area contributed by atoms with Gasteiger partial charge in [0.05, 0.1) is 82.3 Å². The molecule has 3 aliphatic rings. The maximum atomic E-state index is 13.9. The molecule has 71 heavy (non-hydrogen) atoms. The first kappa shape index (κ1) is 49.9. The zero-order valence-electron chi connectivity index (χ0n) is 39.4. The molecule has 1 saturated carbocycles. The number of benzene rings is 3. The Morgan fingerprint density at radius 3 is 2.17 bits per heavy atom. The highest BCUT2D eigenvalue weighted by Crippen LogP contribution is 2.33. The smallest absolute Gasteiger partial charge is 0.322 e. The lowest BCUT2D eigenvalue weighted by Gasteiger charge is -2.37. The zero-order valence-corrected chi connectivity index (χ0v) is 39.4. The molecule has 5 aromatic rings. The maximum absolute atomic E-state index is 13.9. The fourth-order valence-corrected chi connectivity index (χ4v) is 8.87. The number of ether oxygens (including phenoxy) is 4. The molecule has 1 unspecified atom stereocenters. The van der Waals surface area contributed by atoms with Crippen LogP contribution in [0, 0.1) is 11.3 Å². The standard InChI is InChI=1S/C52H58N10O9/c53-31-37-9-19-46(55-33-37)58-40-12-16-42(17-13-40)61(52(67)56-32-36-5-2-1-3-6-36)41-14-10-38(11-15-41)39-34-57-60(35-39)22-24-69-26-28-71-30-29-70-27-25-68-23-21-54-44-8-4-7-43-48(44)51(66)62(50(43)65)45-18-20-47(63)59-49(45)64/h1-11,14-15,19,33-35,40,42,45,54H,12-13,16-18,20-30,32H2,(H,55,58)(H,56,67)(H,59,63,64)/t40-,42-,45?. The molecule has 19 nitrogen and oxygen atoms in total. The van der Waals surface area contributed by atoms with E-state index in [0.29, 0.717) is 83.7 Å². The highest BCUT2D eigenvalue weighted by molar-refractivity contribution is 6.25. The second kappa shape index (κ2) is 24.9. The highest BCUT2D eigenvalue weighted by atomic mass is 16.6. The van der Waals surface area contributed by atoms with Crippen molar-refractivity contribution in [2.45, 2.75) is 69.7 Å². The predicted molar refractivity (Wildman–Crippen MR) is 262 cm³/mol. The van der Waals surface area contributed by atoms with Gasteiger partial charge >= 0.3 is 6.03 Å². The summed E-state index contributed by atoms with van der Waals surface area (Å²) in [6.45, 7) is 4.52. The molecule has 2 fully saturated rings. The van der Waals surface area contributed by atoms with Crippen molar-refractivity contribution in [2.75, 3.05) is 74.9 Å². The van der Waals surface area contributed by atoms with E-state index in [1.807, 2.05) is 82.6 Å². The lowest BCUT2D eigenvalue weighted by atomic mass is 9.89. The van der Waals surface area contributed by atoms with Gasteiger partial charge in [-0.1, -0.05) is 48.5 Å². The lowest BCUT2D eigenvalue weighted by molar-refractivity contribution is -0.136. The third kappa shape index (κ3) is 13.2. The van der Waals surface area contributed by atoms with Crippen molar-refractivity contribution in [2.24, 2.45) is 0 Å². The summed E-state index contributed by atoms with van der Waals surface area (Å²) in [5.41, 5.74) is 5.20. The topological polar surface area (TPSA) is 231 Å². The molecule has 1 saturated heterocycles. The van der Waals surface area contributed by atoms with Crippen LogP contribution in [-0.4, -0.2) is 127 Å². The van der Waals surface area contributed by atoms with E-state index in [0.717, 1.165) is 58.8 Å². The van der Waals surface area contributed by atoms with Crippen molar-refractivity contribution >= 4 is 46.9 Å². The Hall–Kier alpha value is -7.50. The van der Waals surface area contributed by atoms with Crippen molar-refractivity contribution < 1.29 is 42.9 Å². The van der Waals surface area contributed by atoms with E-state index in [2.05, 4.69) is 37.4 Å². The third-order valence-corrected chi connectivity index (χ3v) is 12.5. The number of nitrogens with one attached hydrogen (secondary N) is 4. The first-order valence-electron chi connectivity index (χ1n) is 24.0. The average Bonchev–Trinajstić information content (AvgIpc) is 3.97. The summed E-state index contributed by atoms with van der Waals surface area (Å²) in [6, 6.07) is 27.6. The zero-order chi connectivity index (χ0) is 49.4. The number of imide groups is 2. The van der Waals surface area contributed by atoms with Crippen LogP contribution >= 0.6 is 0 Å². The Morgan fingerprint density at radius 2 is 1.48 bits per heavy atom. The number of nitriles is 1. The molecule has 2 aromatic heterocycles. The van der Waals surface area contributed by atoms with Crippen molar-refractivity contribution in [3.63, 3.8) is 0 Å². The minimum atomic E-state index is -1.02. The summed E-state index contributed by atoms with van der Waals surface area (Å²) < 4.78 is 24.5. The molecule has 1 aliphatic carbocycles. The Labute approximate surface area is 411 Å². The molecule has 1 atom stereocenters. The fraction of sp³-hybridized carbons (Fsp3) is 0.385. The number of rotatable bonds is 24. The van der Waals surface area contributed by atoms with Crippen LogP contribution in [0.1, 0.15) is 70.4 Å². The van der Waals surface area contributed by atoms with E-state index in [-0.39, 0.29) is 42.1 Å². The van der Waals surface area contributed by atoms with Gasteiger partial charge in [0.25, 0.3) is 11.8 Å². The van der Waals surface area contributed by atoms with Crippen LogP contribution in [0.25, 0.3) is 11.1 Å². The maximum Gasteiger partial charge on any atom is 0.322 e. The first-order chi connectivity index (χ1) is 34.7. The van der Waals surface area contributed by atoms with Gasteiger partial charge in [0.15, 0.2) is 0 Å². The van der Waals surface area contributed by atoms with Crippen LogP contribution < -0.4 is 26.2 Å². The summed E-state index contributed by atoms with van der Waals surface area (Å²) in [6.07, 6.45) is 8.90. The number of piperidine rings is 1. The molecule has 3 aromatic carbocycles. The van der Waals surface area contributed by atoms with Crippen molar-refractivity contribution in [1.29, 1.82) is 5.26 Å². The van der Waals surface area contributed by atoms with Gasteiger partial charge in [0, 0.05) is 60.9 Å². The van der Waals surface area contributed by atoms with Gasteiger partial charge in [-0.2, -0.15) is 10.4 Å². The average molecular weight is 967 g/mol. The second-order valence-corrected chi connectivity index (χ2v) is 17.3. The van der Waals surface area contributed by atoms with Crippen molar-refractivity contribution in [3.05, 3.63) is 126 Å². The largest absolute Gasteiger partial charge is 0.382 e. The minimum Gasteiger partial charge on any atom is -0.382 e. The van der Waals surface area contributed by atoms with Gasteiger partial charge in [-0.3, -0.25) is 39.0 Å². The number of hydrogen-bond donors (Lipinski definition) is 4. The third-order valence-electron chi connectivity index (χ3n) is 12.5. The molecule has 0 radical (unpaired) electrons. The number of hydrogen-bond acceptors (Lipinski definition) is 14. The van der Waals surface area contributed by atoms with Crippen molar-refractivity contribution in [1.82, 2.24) is 30.3 Å². The fourth-order valence-electron chi connectivity index (χ4n) is 8.87. The number of pyridine rings is 1. The number of anilines is 3.